The lowest BCUT2D eigenvalue weighted by atomic mass is 9.74. The van der Waals surface area contributed by atoms with Gasteiger partial charge in [0, 0.05) is 16.5 Å². The standard InChI is InChI=1S/C16H21ClO/c1-3-12-6-4-5-7-14(12)16(18)13-8-9-15(17)11(2)10-13/h8-10,12,14H,3-7H2,1-2H3. The average molecular weight is 265 g/mol. The van der Waals surface area contributed by atoms with Gasteiger partial charge in [0.25, 0.3) is 0 Å². The minimum atomic E-state index is 0.226. The smallest absolute Gasteiger partial charge is 0.166 e. The van der Waals surface area contributed by atoms with Crippen LogP contribution < -0.4 is 0 Å². The highest BCUT2D eigenvalue weighted by atomic mass is 35.5. The summed E-state index contributed by atoms with van der Waals surface area (Å²) in [6, 6.07) is 5.65. The lowest BCUT2D eigenvalue weighted by molar-refractivity contribution is 0.0820. The molecule has 1 aliphatic rings. The molecule has 0 amide bonds. The zero-order valence-electron chi connectivity index (χ0n) is 11.2. The van der Waals surface area contributed by atoms with Gasteiger partial charge in [-0.3, -0.25) is 4.79 Å². The maximum Gasteiger partial charge on any atom is 0.166 e. The third-order valence-electron chi connectivity index (χ3n) is 4.21. The van der Waals surface area contributed by atoms with Crippen LogP contribution in [-0.2, 0) is 0 Å². The lowest BCUT2D eigenvalue weighted by Crippen LogP contribution is -2.27. The normalized spacial score (nSPS) is 23.9. The molecule has 2 rings (SSSR count). The first-order valence-electron chi connectivity index (χ1n) is 6.94. The zero-order valence-corrected chi connectivity index (χ0v) is 12.0. The van der Waals surface area contributed by atoms with Crippen molar-refractivity contribution >= 4 is 17.4 Å². The molecule has 0 radical (unpaired) electrons. The first kappa shape index (κ1) is 13.6. The van der Waals surface area contributed by atoms with Crippen LogP contribution in [0.15, 0.2) is 18.2 Å². The van der Waals surface area contributed by atoms with Crippen LogP contribution in [0.5, 0.6) is 0 Å². The van der Waals surface area contributed by atoms with Crippen LogP contribution >= 0.6 is 11.6 Å². The molecule has 1 aliphatic carbocycles. The van der Waals surface area contributed by atoms with E-state index >= 15 is 0 Å². The van der Waals surface area contributed by atoms with Gasteiger partial charge in [-0.25, -0.2) is 0 Å². The SMILES string of the molecule is CCC1CCCCC1C(=O)c1ccc(Cl)c(C)c1. The van der Waals surface area contributed by atoms with Crippen molar-refractivity contribution in [2.24, 2.45) is 11.8 Å². The Hall–Kier alpha value is -0.820. The molecule has 2 atom stereocenters. The topological polar surface area (TPSA) is 17.1 Å². The van der Waals surface area contributed by atoms with Gasteiger partial charge in [-0.15, -0.1) is 0 Å². The Morgan fingerprint density at radius 1 is 1.33 bits per heavy atom. The highest BCUT2D eigenvalue weighted by Crippen LogP contribution is 2.34. The number of aryl methyl sites for hydroxylation is 1. The van der Waals surface area contributed by atoms with Gasteiger partial charge in [-0.05, 0) is 49.4 Å². The van der Waals surface area contributed by atoms with E-state index in [4.69, 9.17) is 11.6 Å². The van der Waals surface area contributed by atoms with Gasteiger partial charge in [-0.2, -0.15) is 0 Å². The van der Waals surface area contributed by atoms with Crippen LogP contribution in [0.1, 0.15) is 54.9 Å². The second-order valence-electron chi connectivity index (χ2n) is 5.39. The fourth-order valence-electron chi connectivity index (χ4n) is 3.05. The second-order valence-corrected chi connectivity index (χ2v) is 5.79. The molecular formula is C16H21ClO. The van der Waals surface area contributed by atoms with Gasteiger partial charge in [0.1, 0.15) is 0 Å². The largest absolute Gasteiger partial charge is 0.294 e. The van der Waals surface area contributed by atoms with Crippen molar-refractivity contribution in [1.29, 1.82) is 0 Å². The molecule has 0 saturated heterocycles. The van der Waals surface area contributed by atoms with Crippen LogP contribution in [0, 0.1) is 18.8 Å². The van der Waals surface area contributed by atoms with Crippen molar-refractivity contribution in [2.75, 3.05) is 0 Å². The third kappa shape index (κ3) is 2.77. The molecule has 0 spiro atoms. The van der Waals surface area contributed by atoms with Gasteiger partial charge in [0.15, 0.2) is 5.78 Å². The summed E-state index contributed by atoms with van der Waals surface area (Å²) in [5.41, 5.74) is 1.83. The molecule has 2 heteroatoms. The number of carbonyl (C=O) groups is 1. The van der Waals surface area contributed by atoms with E-state index in [0.29, 0.717) is 11.7 Å². The minimum absolute atomic E-state index is 0.226. The molecule has 0 bridgehead atoms. The summed E-state index contributed by atoms with van der Waals surface area (Å²) in [6.07, 6.45) is 5.85. The van der Waals surface area contributed by atoms with E-state index in [1.54, 1.807) is 0 Å². The van der Waals surface area contributed by atoms with Crippen molar-refractivity contribution in [3.05, 3.63) is 34.3 Å². The number of halogens is 1. The van der Waals surface area contributed by atoms with Crippen molar-refractivity contribution in [3.63, 3.8) is 0 Å². The van der Waals surface area contributed by atoms with Gasteiger partial charge < -0.3 is 0 Å². The summed E-state index contributed by atoms with van der Waals surface area (Å²) in [7, 11) is 0. The molecule has 2 unspecified atom stereocenters. The van der Waals surface area contributed by atoms with Gasteiger partial charge in [0.2, 0.25) is 0 Å². The zero-order chi connectivity index (χ0) is 13.1. The van der Waals surface area contributed by atoms with Gasteiger partial charge in [0.05, 0.1) is 0 Å². The number of ketones is 1. The van der Waals surface area contributed by atoms with Gasteiger partial charge in [-0.1, -0.05) is 37.8 Å². The van der Waals surface area contributed by atoms with Crippen LogP contribution in [0.3, 0.4) is 0 Å². The summed E-state index contributed by atoms with van der Waals surface area (Å²) in [5.74, 6) is 1.12. The number of hydrogen-bond acceptors (Lipinski definition) is 1. The summed E-state index contributed by atoms with van der Waals surface area (Å²) in [4.78, 5) is 12.6. The quantitative estimate of drug-likeness (QED) is 0.699. The van der Waals surface area contributed by atoms with Crippen molar-refractivity contribution in [1.82, 2.24) is 0 Å². The number of hydrogen-bond donors (Lipinski definition) is 0. The summed E-state index contributed by atoms with van der Waals surface area (Å²) in [6.45, 7) is 4.15. The van der Waals surface area contributed by atoms with E-state index in [0.717, 1.165) is 29.0 Å². The Labute approximate surface area is 115 Å². The number of carbonyl (C=O) groups excluding carboxylic acids is 1. The minimum Gasteiger partial charge on any atom is -0.294 e. The van der Waals surface area contributed by atoms with E-state index in [2.05, 4.69) is 6.92 Å². The summed E-state index contributed by atoms with van der Waals surface area (Å²) < 4.78 is 0. The van der Waals surface area contributed by atoms with E-state index < -0.39 is 0 Å². The first-order chi connectivity index (χ1) is 8.63. The Bertz CT molecular complexity index is 439. The maximum absolute atomic E-state index is 12.6. The highest BCUT2D eigenvalue weighted by Gasteiger charge is 2.30. The highest BCUT2D eigenvalue weighted by molar-refractivity contribution is 6.31. The van der Waals surface area contributed by atoms with Crippen LogP contribution in [-0.4, -0.2) is 5.78 Å². The number of rotatable bonds is 3. The number of Topliss-reactive ketones (excluding diaryl/α,β-unsaturated/α-hetero) is 1. The van der Waals surface area contributed by atoms with Crippen molar-refractivity contribution < 1.29 is 4.79 Å². The predicted molar refractivity (Wildman–Crippen MR) is 76.3 cm³/mol. The van der Waals surface area contributed by atoms with Crippen LogP contribution in [0.4, 0.5) is 0 Å². The summed E-state index contributed by atoms with van der Waals surface area (Å²) >= 11 is 6.02. The molecule has 1 saturated carbocycles. The fraction of sp³-hybridized carbons (Fsp3) is 0.562. The monoisotopic (exact) mass is 264 g/mol. The molecule has 0 aromatic heterocycles. The Morgan fingerprint density at radius 2 is 2.06 bits per heavy atom. The molecular weight excluding hydrogens is 244 g/mol. The molecule has 98 valence electrons. The molecule has 1 nitrogen and oxygen atoms in total. The molecule has 0 N–H and O–H groups in total. The van der Waals surface area contributed by atoms with E-state index in [1.165, 1.54) is 19.3 Å². The van der Waals surface area contributed by atoms with Crippen molar-refractivity contribution in [3.8, 4) is 0 Å². The predicted octanol–water partition coefficient (Wildman–Crippen LogP) is 5.05. The van der Waals surface area contributed by atoms with E-state index in [1.807, 2.05) is 25.1 Å². The van der Waals surface area contributed by atoms with E-state index in [-0.39, 0.29) is 5.92 Å². The average Bonchev–Trinajstić information content (AvgIpc) is 2.41. The lowest BCUT2D eigenvalue weighted by Gasteiger charge is -2.29. The third-order valence-corrected chi connectivity index (χ3v) is 4.64. The molecule has 0 aliphatic heterocycles. The molecule has 1 aromatic rings. The van der Waals surface area contributed by atoms with E-state index in [9.17, 15) is 4.79 Å². The van der Waals surface area contributed by atoms with Gasteiger partial charge >= 0.3 is 0 Å². The fourth-order valence-corrected chi connectivity index (χ4v) is 3.17. The molecule has 1 fully saturated rings. The first-order valence-corrected chi connectivity index (χ1v) is 7.31. The Morgan fingerprint density at radius 3 is 2.72 bits per heavy atom. The Balaban J connectivity index is 2.21. The van der Waals surface area contributed by atoms with Crippen LogP contribution in [0.2, 0.25) is 5.02 Å². The molecule has 18 heavy (non-hydrogen) atoms. The maximum atomic E-state index is 12.6. The summed E-state index contributed by atoms with van der Waals surface area (Å²) in [5, 5.41) is 0.738. The van der Waals surface area contributed by atoms with Crippen molar-refractivity contribution in [2.45, 2.75) is 46.0 Å². The van der Waals surface area contributed by atoms with Crippen LogP contribution in [0.25, 0.3) is 0 Å². The molecule has 0 heterocycles. The number of benzene rings is 1. The Kier molecular flexibility index (Phi) is 4.45. The molecule has 1 aromatic carbocycles. The second kappa shape index (κ2) is 5.88.